The van der Waals surface area contributed by atoms with Gasteiger partial charge in [0, 0.05) is 0 Å². The average molecular weight is 579 g/mol. The van der Waals surface area contributed by atoms with Crippen molar-refractivity contribution in [2.45, 2.75) is 18.2 Å². The van der Waals surface area contributed by atoms with Crippen LogP contribution in [-0.4, -0.2) is 121 Å². The molecule has 12 heteroatoms. The summed E-state index contributed by atoms with van der Waals surface area (Å²) in [5.74, 6) is 0. The Balaban J connectivity index is 1.73. The molecule has 226 valence electrons. The Hall–Kier alpha value is -1.45. The highest BCUT2D eigenvalue weighted by molar-refractivity contribution is 7.86. The van der Waals surface area contributed by atoms with Crippen LogP contribution >= 0.6 is 0 Å². The molecular weight excluding hydrogens is 532 g/mol. The van der Waals surface area contributed by atoms with E-state index in [0.717, 1.165) is 12.0 Å². The van der Waals surface area contributed by atoms with E-state index in [1.165, 1.54) is 12.1 Å². The highest BCUT2D eigenvalue weighted by Gasteiger charge is 2.14. The molecule has 0 amide bonds. The number of aryl methyl sites for hydroxylation is 1. The first kappa shape index (κ1) is 35.6. The molecule has 0 aromatic heterocycles. The zero-order chi connectivity index (χ0) is 28.3. The first-order valence-electron chi connectivity index (χ1n) is 13.2. The molecular formula is C27H46O11S. The van der Waals surface area contributed by atoms with Crippen LogP contribution in [0.5, 0.6) is 0 Å². The largest absolute Gasteiger partial charge is 0.379 e. The first-order chi connectivity index (χ1) is 19.1. The Morgan fingerprint density at radius 1 is 0.538 bits per heavy atom. The van der Waals surface area contributed by atoms with Gasteiger partial charge >= 0.3 is 0 Å². The van der Waals surface area contributed by atoms with Crippen LogP contribution in [0.2, 0.25) is 0 Å². The van der Waals surface area contributed by atoms with E-state index in [9.17, 15) is 8.42 Å². The summed E-state index contributed by atoms with van der Waals surface area (Å²) in [5.41, 5.74) is 0.978. The van der Waals surface area contributed by atoms with Crippen LogP contribution in [0.25, 0.3) is 0 Å². The van der Waals surface area contributed by atoms with E-state index in [1.807, 2.05) is 13.0 Å². The SMILES string of the molecule is C=CCCOCCOCCOCCOCCOCCOCCOCCOCCOS(=O)(=O)c1ccc(C)cc1. The van der Waals surface area contributed by atoms with E-state index in [-0.39, 0.29) is 18.1 Å². The lowest BCUT2D eigenvalue weighted by molar-refractivity contribution is -0.0235. The van der Waals surface area contributed by atoms with Crippen LogP contribution in [0.4, 0.5) is 0 Å². The van der Waals surface area contributed by atoms with E-state index in [0.29, 0.717) is 99.1 Å². The van der Waals surface area contributed by atoms with Crippen molar-refractivity contribution in [1.82, 2.24) is 0 Å². The van der Waals surface area contributed by atoms with Gasteiger partial charge in [-0.05, 0) is 25.5 Å². The summed E-state index contributed by atoms with van der Waals surface area (Å²) in [4.78, 5) is 0.131. The van der Waals surface area contributed by atoms with Gasteiger partial charge in [-0.25, -0.2) is 0 Å². The minimum atomic E-state index is -3.76. The smallest absolute Gasteiger partial charge is 0.297 e. The summed E-state index contributed by atoms with van der Waals surface area (Å²) in [6, 6.07) is 6.48. The molecule has 0 aliphatic carbocycles. The molecule has 0 aliphatic heterocycles. The maximum Gasteiger partial charge on any atom is 0.297 e. The minimum Gasteiger partial charge on any atom is -0.379 e. The van der Waals surface area contributed by atoms with E-state index < -0.39 is 10.1 Å². The highest BCUT2D eigenvalue weighted by atomic mass is 32.2. The van der Waals surface area contributed by atoms with E-state index >= 15 is 0 Å². The second kappa shape index (κ2) is 25.5. The van der Waals surface area contributed by atoms with Gasteiger partial charge in [-0.15, -0.1) is 6.58 Å². The topological polar surface area (TPSA) is 117 Å². The third kappa shape index (κ3) is 22.0. The third-order valence-electron chi connectivity index (χ3n) is 4.85. The fourth-order valence-electron chi connectivity index (χ4n) is 2.78. The second-order valence-electron chi connectivity index (χ2n) is 8.07. The van der Waals surface area contributed by atoms with Crippen molar-refractivity contribution in [3.8, 4) is 0 Å². The van der Waals surface area contributed by atoms with Gasteiger partial charge in [-0.3, -0.25) is 4.18 Å². The summed E-state index contributed by atoms with van der Waals surface area (Å²) in [6.07, 6.45) is 2.68. The Morgan fingerprint density at radius 2 is 0.846 bits per heavy atom. The number of rotatable bonds is 29. The van der Waals surface area contributed by atoms with Gasteiger partial charge in [0.25, 0.3) is 10.1 Å². The number of benzene rings is 1. The van der Waals surface area contributed by atoms with Crippen LogP contribution in [0, 0.1) is 6.92 Å². The quantitative estimate of drug-likeness (QED) is 0.0792. The fourth-order valence-corrected chi connectivity index (χ4v) is 3.68. The molecule has 0 heterocycles. The van der Waals surface area contributed by atoms with Gasteiger partial charge in [0.05, 0.1) is 117 Å². The number of hydrogen-bond donors (Lipinski definition) is 0. The minimum absolute atomic E-state index is 0.0541. The lowest BCUT2D eigenvalue weighted by Crippen LogP contribution is -2.15. The number of hydrogen-bond acceptors (Lipinski definition) is 11. The molecule has 0 radical (unpaired) electrons. The lowest BCUT2D eigenvalue weighted by Gasteiger charge is -2.09. The predicted octanol–water partition coefficient (Wildman–Crippen LogP) is 2.41. The van der Waals surface area contributed by atoms with Crippen LogP contribution < -0.4 is 0 Å². The van der Waals surface area contributed by atoms with Gasteiger partial charge in [0.15, 0.2) is 0 Å². The lowest BCUT2D eigenvalue weighted by atomic mass is 10.2. The van der Waals surface area contributed by atoms with E-state index in [2.05, 4.69) is 6.58 Å². The van der Waals surface area contributed by atoms with E-state index in [1.54, 1.807) is 12.1 Å². The molecule has 0 bridgehead atoms. The van der Waals surface area contributed by atoms with Crippen molar-refractivity contribution < 1.29 is 50.5 Å². The maximum atomic E-state index is 12.0. The molecule has 0 spiro atoms. The summed E-state index contributed by atoms with van der Waals surface area (Å²) >= 11 is 0. The van der Waals surface area contributed by atoms with Crippen molar-refractivity contribution in [2.24, 2.45) is 0 Å². The second-order valence-corrected chi connectivity index (χ2v) is 9.68. The van der Waals surface area contributed by atoms with Crippen molar-refractivity contribution in [3.63, 3.8) is 0 Å². The molecule has 0 N–H and O–H groups in total. The molecule has 0 fully saturated rings. The molecule has 0 saturated heterocycles. The van der Waals surface area contributed by atoms with Crippen molar-refractivity contribution in [3.05, 3.63) is 42.5 Å². The fraction of sp³-hybridized carbons (Fsp3) is 0.704. The Morgan fingerprint density at radius 3 is 1.18 bits per heavy atom. The molecule has 0 unspecified atom stereocenters. The normalized spacial score (nSPS) is 11.7. The van der Waals surface area contributed by atoms with Gasteiger partial charge in [-0.1, -0.05) is 23.8 Å². The van der Waals surface area contributed by atoms with Crippen LogP contribution in [0.3, 0.4) is 0 Å². The molecule has 0 saturated carbocycles. The zero-order valence-corrected chi connectivity index (χ0v) is 24.0. The predicted molar refractivity (Wildman–Crippen MR) is 146 cm³/mol. The molecule has 1 aromatic carbocycles. The summed E-state index contributed by atoms with van der Waals surface area (Å²) in [7, 11) is -3.76. The van der Waals surface area contributed by atoms with Gasteiger partial charge in [0.1, 0.15) is 0 Å². The summed E-state index contributed by atoms with van der Waals surface area (Å²) in [6.45, 7) is 13.0. The molecule has 39 heavy (non-hydrogen) atoms. The maximum absolute atomic E-state index is 12.0. The van der Waals surface area contributed by atoms with Crippen molar-refractivity contribution in [1.29, 1.82) is 0 Å². The summed E-state index contributed by atoms with van der Waals surface area (Å²) in [5, 5.41) is 0. The van der Waals surface area contributed by atoms with Crippen molar-refractivity contribution >= 4 is 10.1 Å². The zero-order valence-electron chi connectivity index (χ0n) is 23.2. The van der Waals surface area contributed by atoms with Crippen LogP contribution in [-0.2, 0) is 52.2 Å². The van der Waals surface area contributed by atoms with Gasteiger partial charge in [-0.2, -0.15) is 8.42 Å². The Labute approximate surface area is 233 Å². The molecule has 0 atom stereocenters. The molecule has 1 aromatic rings. The monoisotopic (exact) mass is 578 g/mol. The van der Waals surface area contributed by atoms with Gasteiger partial charge in [0.2, 0.25) is 0 Å². The van der Waals surface area contributed by atoms with Crippen LogP contribution in [0.1, 0.15) is 12.0 Å². The van der Waals surface area contributed by atoms with Crippen molar-refractivity contribution in [2.75, 3.05) is 112 Å². The average Bonchev–Trinajstić information content (AvgIpc) is 2.93. The number of ether oxygens (including phenoxy) is 8. The highest BCUT2D eigenvalue weighted by Crippen LogP contribution is 2.12. The summed E-state index contributed by atoms with van der Waals surface area (Å²) < 4.78 is 72.2. The Bertz CT molecular complexity index is 787. The van der Waals surface area contributed by atoms with Crippen LogP contribution in [0.15, 0.2) is 41.8 Å². The molecule has 11 nitrogen and oxygen atoms in total. The van der Waals surface area contributed by atoms with E-state index in [4.69, 9.17) is 42.1 Å². The molecule has 0 aliphatic rings. The third-order valence-corrected chi connectivity index (χ3v) is 6.17. The van der Waals surface area contributed by atoms with Gasteiger partial charge < -0.3 is 37.9 Å². The standard InChI is InChI=1S/C27H46O11S/c1-3-4-9-30-10-11-31-12-13-32-14-15-33-16-17-34-18-19-35-20-21-36-22-23-37-24-25-38-39(28,29)27-7-5-26(2)6-8-27/h3,5-8H,1,4,9-25H2,2H3. The molecule has 1 rings (SSSR count). The first-order valence-corrected chi connectivity index (χ1v) is 14.7. The Kier molecular flexibility index (Phi) is 23.3.